The fourth-order valence-electron chi connectivity index (χ4n) is 3.80. The normalized spacial score (nSPS) is 19.3. The number of rotatable bonds is 3. The molecule has 148 valence electrons. The zero-order valence-corrected chi connectivity index (χ0v) is 16.6. The average molecular weight is 424 g/mol. The van der Waals surface area contributed by atoms with E-state index in [9.17, 15) is 17.6 Å². The second-order valence-corrected chi connectivity index (χ2v) is 9.71. The first-order valence-corrected chi connectivity index (χ1v) is 11.0. The molecule has 0 unspecified atom stereocenters. The number of fused-ring (bicyclic) bond motifs is 1. The zero-order valence-electron chi connectivity index (χ0n) is 15.0. The Bertz CT molecular complexity index is 1020. The van der Waals surface area contributed by atoms with Crippen LogP contribution in [0.2, 0.25) is 5.02 Å². The summed E-state index contributed by atoms with van der Waals surface area (Å²) in [4.78, 5) is 12.5. The summed E-state index contributed by atoms with van der Waals surface area (Å²) in [5.74, 6) is -0.133. The van der Waals surface area contributed by atoms with Gasteiger partial charge in [-0.3, -0.25) is 4.79 Å². The summed E-state index contributed by atoms with van der Waals surface area (Å²) in [6, 6.07) is 10.4. The van der Waals surface area contributed by atoms with Crippen molar-refractivity contribution in [1.29, 1.82) is 0 Å². The largest absolute Gasteiger partial charge is 0.486 e. The van der Waals surface area contributed by atoms with E-state index < -0.39 is 21.4 Å². The minimum absolute atomic E-state index is 0.0134. The van der Waals surface area contributed by atoms with Crippen molar-refractivity contribution < 1.29 is 22.3 Å². The molecule has 2 aromatic rings. The number of hydrogen-bond acceptors (Lipinski definition) is 4. The van der Waals surface area contributed by atoms with E-state index in [0.29, 0.717) is 34.7 Å². The molecule has 0 N–H and O–H groups in total. The summed E-state index contributed by atoms with van der Waals surface area (Å²) in [5, 5.41) is 0.489. The van der Waals surface area contributed by atoms with Crippen LogP contribution in [-0.2, 0) is 15.8 Å². The summed E-state index contributed by atoms with van der Waals surface area (Å²) in [5.41, 5.74) is 0.354. The fourth-order valence-corrected chi connectivity index (χ4v) is 5.50. The second kappa shape index (κ2) is 7.13. The van der Waals surface area contributed by atoms with Crippen LogP contribution in [-0.4, -0.2) is 37.2 Å². The third-order valence-electron chi connectivity index (χ3n) is 5.34. The number of benzene rings is 2. The lowest BCUT2D eigenvalue weighted by Gasteiger charge is -2.43. The minimum atomic E-state index is -3.54. The summed E-state index contributed by atoms with van der Waals surface area (Å²) in [7, 11) is -3.54. The predicted octanol–water partition coefficient (Wildman–Crippen LogP) is 3.81. The Hall–Kier alpha value is -1.96. The summed E-state index contributed by atoms with van der Waals surface area (Å²) in [6.45, 7) is 0.541. The van der Waals surface area contributed by atoms with Gasteiger partial charge in [0.15, 0.2) is 5.78 Å². The van der Waals surface area contributed by atoms with Gasteiger partial charge < -0.3 is 4.74 Å². The molecule has 5 nitrogen and oxygen atoms in total. The summed E-state index contributed by atoms with van der Waals surface area (Å²) in [6.07, 6.45) is 1.08. The molecule has 0 amide bonds. The third kappa shape index (κ3) is 3.79. The standard InChI is InChI=1S/C20H19ClFNO4S/c21-15-3-6-17-18(24)12-20(27-19(17)11-15)7-9-23(10-8-20)28(25,26)13-14-1-4-16(22)5-2-14/h1-6,11H,7-10,12-13H2. The van der Waals surface area contributed by atoms with Crippen molar-refractivity contribution >= 4 is 27.4 Å². The van der Waals surface area contributed by atoms with E-state index in [1.54, 1.807) is 18.2 Å². The maximum absolute atomic E-state index is 13.0. The monoisotopic (exact) mass is 423 g/mol. The highest BCUT2D eigenvalue weighted by Crippen LogP contribution is 2.40. The summed E-state index contributed by atoms with van der Waals surface area (Å²) < 4.78 is 46.0. The van der Waals surface area contributed by atoms with Gasteiger partial charge in [0.25, 0.3) is 0 Å². The van der Waals surface area contributed by atoms with E-state index >= 15 is 0 Å². The van der Waals surface area contributed by atoms with Crippen molar-refractivity contribution in [2.75, 3.05) is 13.1 Å². The summed E-state index contributed by atoms with van der Waals surface area (Å²) >= 11 is 6.02. The molecule has 0 radical (unpaired) electrons. The average Bonchev–Trinajstić information content (AvgIpc) is 2.63. The molecular formula is C20H19ClFNO4S. The Balaban J connectivity index is 1.47. The molecule has 0 atom stereocenters. The Labute approximate surface area is 168 Å². The van der Waals surface area contributed by atoms with E-state index in [0.717, 1.165) is 0 Å². The van der Waals surface area contributed by atoms with Crippen molar-refractivity contribution in [3.63, 3.8) is 0 Å². The van der Waals surface area contributed by atoms with E-state index in [1.807, 2.05) is 0 Å². The maximum atomic E-state index is 13.0. The molecule has 4 rings (SSSR count). The fraction of sp³-hybridized carbons (Fsp3) is 0.350. The van der Waals surface area contributed by atoms with Crippen molar-refractivity contribution in [2.45, 2.75) is 30.6 Å². The van der Waals surface area contributed by atoms with Gasteiger partial charge in [0, 0.05) is 31.0 Å². The highest BCUT2D eigenvalue weighted by atomic mass is 35.5. The zero-order chi connectivity index (χ0) is 19.9. The van der Waals surface area contributed by atoms with Gasteiger partial charge in [-0.05, 0) is 35.9 Å². The SMILES string of the molecule is O=C1CC2(CCN(S(=O)(=O)Cc3ccc(F)cc3)CC2)Oc2cc(Cl)ccc21. The number of sulfonamides is 1. The van der Waals surface area contributed by atoms with Crippen LogP contribution in [0.1, 0.15) is 35.2 Å². The van der Waals surface area contributed by atoms with Gasteiger partial charge in [0.1, 0.15) is 17.2 Å². The Morgan fingerprint density at radius 1 is 1.11 bits per heavy atom. The molecule has 1 fully saturated rings. The van der Waals surface area contributed by atoms with E-state index in [1.165, 1.54) is 28.6 Å². The first-order chi connectivity index (χ1) is 13.3. The van der Waals surface area contributed by atoms with Crippen LogP contribution in [0.4, 0.5) is 4.39 Å². The topological polar surface area (TPSA) is 63.7 Å². The quantitative estimate of drug-likeness (QED) is 0.753. The van der Waals surface area contributed by atoms with E-state index in [2.05, 4.69) is 0 Å². The van der Waals surface area contributed by atoms with E-state index in [-0.39, 0.29) is 31.0 Å². The molecule has 0 aromatic heterocycles. The van der Waals surface area contributed by atoms with Crippen LogP contribution in [0.5, 0.6) is 5.75 Å². The van der Waals surface area contributed by atoms with Crippen molar-refractivity contribution in [3.8, 4) is 5.75 Å². The van der Waals surface area contributed by atoms with Crippen LogP contribution in [0.25, 0.3) is 0 Å². The van der Waals surface area contributed by atoms with Crippen LogP contribution in [0.15, 0.2) is 42.5 Å². The molecule has 0 aliphatic carbocycles. The van der Waals surface area contributed by atoms with Gasteiger partial charge in [0.05, 0.1) is 17.7 Å². The lowest BCUT2D eigenvalue weighted by molar-refractivity contribution is 0.00591. The molecule has 2 aliphatic heterocycles. The minimum Gasteiger partial charge on any atom is -0.486 e. The number of ether oxygens (including phenoxy) is 1. The smallest absolute Gasteiger partial charge is 0.218 e. The number of Topliss-reactive ketones (excluding diaryl/α,β-unsaturated/α-hetero) is 1. The highest BCUT2D eigenvalue weighted by molar-refractivity contribution is 7.88. The Morgan fingerprint density at radius 2 is 1.79 bits per heavy atom. The van der Waals surface area contributed by atoms with Gasteiger partial charge in [-0.2, -0.15) is 0 Å². The van der Waals surface area contributed by atoms with E-state index in [4.69, 9.17) is 16.3 Å². The third-order valence-corrected chi connectivity index (χ3v) is 7.43. The molecule has 8 heteroatoms. The predicted molar refractivity (Wildman–Crippen MR) is 104 cm³/mol. The van der Waals surface area contributed by atoms with Gasteiger partial charge in [-0.25, -0.2) is 17.1 Å². The maximum Gasteiger partial charge on any atom is 0.218 e. The van der Waals surface area contributed by atoms with Crippen molar-refractivity contribution in [2.24, 2.45) is 0 Å². The highest BCUT2D eigenvalue weighted by Gasteiger charge is 2.44. The van der Waals surface area contributed by atoms with Gasteiger partial charge in [-0.1, -0.05) is 23.7 Å². The number of hydrogen-bond donors (Lipinski definition) is 0. The van der Waals surface area contributed by atoms with Crippen LogP contribution in [0.3, 0.4) is 0 Å². The van der Waals surface area contributed by atoms with Gasteiger partial charge in [-0.15, -0.1) is 0 Å². The van der Waals surface area contributed by atoms with Gasteiger partial charge >= 0.3 is 0 Å². The van der Waals surface area contributed by atoms with Crippen LogP contribution in [0, 0.1) is 5.82 Å². The lowest BCUT2D eigenvalue weighted by Crippen LogP contribution is -2.52. The molecule has 28 heavy (non-hydrogen) atoms. The molecule has 2 heterocycles. The molecule has 0 saturated carbocycles. The van der Waals surface area contributed by atoms with Gasteiger partial charge in [0.2, 0.25) is 10.0 Å². The lowest BCUT2D eigenvalue weighted by atomic mass is 9.83. The number of ketones is 1. The molecule has 1 spiro atoms. The Morgan fingerprint density at radius 3 is 2.46 bits per heavy atom. The second-order valence-electron chi connectivity index (χ2n) is 7.31. The first kappa shape index (κ1) is 19.4. The number of carbonyl (C=O) groups is 1. The number of halogens is 2. The molecule has 2 aliphatic rings. The van der Waals surface area contributed by atoms with Crippen LogP contribution < -0.4 is 4.74 Å². The first-order valence-electron chi connectivity index (χ1n) is 9.00. The van der Waals surface area contributed by atoms with Crippen molar-refractivity contribution in [1.82, 2.24) is 4.31 Å². The molecular weight excluding hydrogens is 405 g/mol. The number of piperidine rings is 1. The number of nitrogens with zero attached hydrogens (tertiary/aromatic N) is 1. The Kier molecular flexibility index (Phi) is 4.93. The molecule has 0 bridgehead atoms. The molecule has 2 aromatic carbocycles. The molecule has 1 saturated heterocycles. The number of carbonyl (C=O) groups excluding carboxylic acids is 1. The van der Waals surface area contributed by atoms with Crippen molar-refractivity contribution in [3.05, 3.63) is 64.4 Å². The van der Waals surface area contributed by atoms with Crippen LogP contribution >= 0.6 is 11.6 Å².